The Hall–Kier alpha value is -4.74. The van der Waals surface area contributed by atoms with Gasteiger partial charge in [-0.2, -0.15) is 0 Å². The number of benzene rings is 2. The highest BCUT2D eigenvalue weighted by molar-refractivity contribution is 6.20. The van der Waals surface area contributed by atoms with Crippen LogP contribution in [0.3, 0.4) is 0 Å². The lowest BCUT2D eigenvalue weighted by atomic mass is 10.0. The standard InChI is InChI=1S/C26H26N4O8/c1-5-35-23(31)18-15-13-12-14-10-9-11-16(17(14)19(15)27-20(18)24(32)36-6-2)30-22(26(34)38-8-4)21(28-29-30)25(33)37-7-3/h9-13,27H,5-8H2,1-4H3. The van der Waals surface area contributed by atoms with Crippen LogP contribution in [0.2, 0.25) is 0 Å². The van der Waals surface area contributed by atoms with Gasteiger partial charge in [0.25, 0.3) is 0 Å². The van der Waals surface area contributed by atoms with Gasteiger partial charge in [0, 0.05) is 10.8 Å². The zero-order valence-corrected chi connectivity index (χ0v) is 21.3. The highest BCUT2D eigenvalue weighted by atomic mass is 16.5. The number of carbonyl (C=O) groups excluding carboxylic acids is 4. The van der Waals surface area contributed by atoms with Crippen LogP contribution in [-0.4, -0.2) is 70.3 Å². The van der Waals surface area contributed by atoms with Gasteiger partial charge in [-0.05, 0) is 39.1 Å². The second-order valence-electron chi connectivity index (χ2n) is 7.82. The van der Waals surface area contributed by atoms with Gasteiger partial charge in [-0.25, -0.2) is 23.9 Å². The molecule has 4 rings (SSSR count). The molecule has 0 aliphatic heterocycles. The third-order valence-corrected chi connectivity index (χ3v) is 5.59. The third-order valence-electron chi connectivity index (χ3n) is 5.59. The van der Waals surface area contributed by atoms with Gasteiger partial charge in [-0.3, -0.25) is 0 Å². The number of hydrogen-bond acceptors (Lipinski definition) is 10. The molecule has 0 saturated heterocycles. The number of rotatable bonds is 9. The van der Waals surface area contributed by atoms with E-state index in [2.05, 4.69) is 15.3 Å². The van der Waals surface area contributed by atoms with Crippen molar-refractivity contribution in [2.24, 2.45) is 0 Å². The Morgan fingerprint density at radius 2 is 1.42 bits per heavy atom. The van der Waals surface area contributed by atoms with Crippen molar-refractivity contribution in [1.82, 2.24) is 20.0 Å². The van der Waals surface area contributed by atoms with E-state index in [4.69, 9.17) is 18.9 Å². The van der Waals surface area contributed by atoms with Crippen LogP contribution >= 0.6 is 0 Å². The first kappa shape index (κ1) is 26.3. The average molecular weight is 523 g/mol. The Balaban J connectivity index is 2.06. The maximum atomic E-state index is 12.9. The van der Waals surface area contributed by atoms with Crippen molar-refractivity contribution in [2.45, 2.75) is 27.7 Å². The molecule has 12 nitrogen and oxygen atoms in total. The van der Waals surface area contributed by atoms with Crippen molar-refractivity contribution in [3.63, 3.8) is 0 Å². The third kappa shape index (κ3) is 4.56. The monoisotopic (exact) mass is 522 g/mol. The molecule has 2 aromatic carbocycles. The lowest BCUT2D eigenvalue weighted by Gasteiger charge is -2.11. The van der Waals surface area contributed by atoms with E-state index in [1.54, 1.807) is 58.0 Å². The summed E-state index contributed by atoms with van der Waals surface area (Å²) in [6, 6.07) is 8.62. The molecule has 198 valence electrons. The highest BCUT2D eigenvalue weighted by Crippen LogP contribution is 2.34. The molecule has 0 spiro atoms. The van der Waals surface area contributed by atoms with Crippen molar-refractivity contribution < 1.29 is 38.1 Å². The van der Waals surface area contributed by atoms with Crippen molar-refractivity contribution in [1.29, 1.82) is 0 Å². The number of aromatic amines is 1. The molecule has 0 fully saturated rings. The predicted octanol–water partition coefficient (Wildman–Crippen LogP) is 3.61. The van der Waals surface area contributed by atoms with E-state index in [0.717, 1.165) is 0 Å². The summed E-state index contributed by atoms with van der Waals surface area (Å²) in [5, 5.41) is 9.56. The summed E-state index contributed by atoms with van der Waals surface area (Å²) in [5.74, 6) is -3.08. The van der Waals surface area contributed by atoms with E-state index in [9.17, 15) is 19.2 Å². The topological polar surface area (TPSA) is 152 Å². The summed E-state index contributed by atoms with van der Waals surface area (Å²) < 4.78 is 21.8. The molecule has 0 atom stereocenters. The molecule has 2 aromatic heterocycles. The molecule has 0 radical (unpaired) electrons. The first-order chi connectivity index (χ1) is 18.4. The molecule has 0 unspecified atom stereocenters. The number of H-pyrrole nitrogens is 1. The van der Waals surface area contributed by atoms with Gasteiger partial charge >= 0.3 is 23.9 Å². The predicted molar refractivity (Wildman–Crippen MR) is 135 cm³/mol. The van der Waals surface area contributed by atoms with Gasteiger partial charge in [-0.1, -0.05) is 29.5 Å². The van der Waals surface area contributed by atoms with Crippen LogP contribution < -0.4 is 0 Å². The minimum absolute atomic E-state index is 0.0217. The van der Waals surface area contributed by atoms with Crippen LogP contribution in [0.5, 0.6) is 0 Å². The highest BCUT2D eigenvalue weighted by Gasteiger charge is 2.31. The van der Waals surface area contributed by atoms with E-state index >= 15 is 0 Å². The summed E-state index contributed by atoms with van der Waals surface area (Å²) in [6.07, 6.45) is 0. The lowest BCUT2D eigenvalue weighted by molar-refractivity contribution is 0.0469. The molecule has 12 heteroatoms. The Morgan fingerprint density at radius 1 is 0.789 bits per heavy atom. The molecular formula is C26H26N4O8. The summed E-state index contributed by atoms with van der Waals surface area (Å²) in [7, 11) is 0. The number of esters is 4. The van der Waals surface area contributed by atoms with Crippen molar-refractivity contribution in [3.8, 4) is 5.69 Å². The molecular weight excluding hydrogens is 496 g/mol. The summed E-state index contributed by atoms with van der Waals surface area (Å²) in [6.45, 7) is 6.89. The average Bonchev–Trinajstić information content (AvgIpc) is 3.51. The Kier molecular flexibility index (Phi) is 7.70. The van der Waals surface area contributed by atoms with Crippen LogP contribution in [0.15, 0.2) is 30.3 Å². The van der Waals surface area contributed by atoms with Crippen molar-refractivity contribution in [2.75, 3.05) is 26.4 Å². The van der Waals surface area contributed by atoms with Crippen LogP contribution in [-0.2, 0) is 18.9 Å². The minimum Gasteiger partial charge on any atom is -0.462 e. The van der Waals surface area contributed by atoms with Gasteiger partial charge in [0.05, 0.1) is 43.2 Å². The maximum absolute atomic E-state index is 12.9. The molecule has 0 amide bonds. The van der Waals surface area contributed by atoms with E-state index in [0.29, 0.717) is 27.4 Å². The largest absolute Gasteiger partial charge is 0.462 e. The van der Waals surface area contributed by atoms with E-state index in [1.807, 2.05) is 0 Å². The van der Waals surface area contributed by atoms with Gasteiger partial charge < -0.3 is 23.9 Å². The van der Waals surface area contributed by atoms with Gasteiger partial charge in [0.1, 0.15) is 5.69 Å². The second-order valence-corrected chi connectivity index (χ2v) is 7.82. The number of nitrogens with one attached hydrogen (secondary N) is 1. The molecule has 38 heavy (non-hydrogen) atoms. The number of carbonyl (C=O) groups is 4. The summed E-state index contributed by atoms with van der Waals surface area (Å²) >= 11 is 0. The summed E-state index contributed by atoms with van der Waals surface area (Å²) in [4.78, 5) is 54.2. The first-order valence-corrected chi connectivity index (χ1v) is 12.1. The van der Waals surface area contributed by atoms with Crippen molar-refractivity contribution >= 4 is 45.6 Å². The lowest BCUT2D eigenvalue weighted by Crippen LogP contribution is -2.17. The number of nitrogens with zero attached hydrogens (tertiary/aromatic N) is 3. The van der Waals surface area contributed by atoms with Crippen LogP contribution in [0.25, 0.3) is 27.4 Å². The van der Waals surface area contributed by atoms with Crippen LogP contribution in [0, 0.1) is 0 Å². The van der Waals surface area contributed by atoms with Crippen LogP contribution in [0.1, 0.15) is 69.5 Å². The van der Waals surface area contributed by atoms with Crippen molar-refractivity contribution in [3.05, 3.63) is 53.0 Å². The quantitative estimate of drug-likeness (QED) is 0.255. The number of hydrogen-bond donors (Lipinski definition) is 1. The smallest absolute Gasteiger partial charge is 0.361 e. The fraction of sp³-hybridized carbons (Fsp3) is 0.308. The number of ether oxygens (including phenoxy) is 4. The fourth-order valence-corrected chi connectivity index (χ4v) is 4.14. The molecule has 1 N–H and O–H groups in total. The number of aromatic nitrogens is 4. The zero-order chi connectivity index (χ0) is 27.4. The van der Waals surface area contributed by atoms with E-state index < -0.39 is 23.9 Å². The fourth-order valence-electron chi connectivity index (χ4n) is 4.14. The molecule has 0 aliphatic rings. The zero-order valence-electron chi connectivity index (χ0n) is 21.3. The van der Waals surface area contributed by atoms with E-state index in [-0.39, 0.29) is 49.1 Å². The number of fused-ring (bicyclic) bond motifs is 3. The van der Waals surface area contributed by atoms with Crippen LogP contribution in [0.4, 0.5) is 0 Å². The molecule has 2 heterocycles. The Labute approximate surface area is 216 Å². The second kappa shape index (κ2) is 11.1. The molecule has 0 saturated carbocycles. The molecule has 4 aromatic rings. The Morgan fingerprint density at radius 3 is 2.11 bits per heavy atom. The molecule has 0 bridgehead atoms. The Bertz CT molecular complexity index is 1550. The van der Waals surface area contributed by atoms with E-state index in [1.165, 1.54) is 4.68 Å². The summed E-state index contributed by atoms with van der Waals surface area (Å²) in [5.41, 5.74) is 0.156. The van der Waals surface area contributed by atoms with Gasteiger partial charge in [0.15, 0.2) is 5.69 Å². The van der Waals surface area contributed by atoms with Gasteiger partial charge in [0.2, 0.25) is 5.69 Å². The normalized spacial score (nSPS) is 10.9. The minimum atomic E-state index is -0.832. The first-order valence-electron chi connectivity index (χ1n) is 12.1. The molecule has 0 aliphatic carbocycles. The maximum Gasteiger partial charge on any atom is 0.361 e. The SMILES string of the molecule is CCOC(=O)c1nnn(-c2cccc3ccc4c(C(=O)OCC)c(C(=O)OCC)[nH]c4c23)c1C(=O)OCC. The van der Waals surface area contributed by atoms with Gasteiger partial charge in [-0.15, -0.1) is 5.10 Å².